The van der Waals surface area contributed by atoms with Crippen molar-refractivity contribution in [3.63, 3.8) is 0 Å². The molecular weight excluding hydrogens is 204 g/mol. The minimum atomic E-state index is -1.86. The average Bonchev–Trinajstić information content (AvgIpc) is 2.18. The summed E-state index contributed by atoms with van der Waals surface area (Å²) in [6.07, 6.45) is 4.82. The lowest BCUT2D eigenvalue weighted by Gasteiger charge is -2.43. The molecule has 15 heavy (non-hydrogen) atoms. The molecule has 0 aromatic heterocycles. The molecule has 1 fully saturated rings. The molecule has 0 aliphatic carbocycles. The van der Waals surface area contributed by atoms with Crippen LogP contribution in [0.25, 0.3) is 0 Å². The summed E-state index contributed by atoms with van der Waals surface area (Å²) in [6.45, 7) is 9.80. The fraction of sp³-hybridized carbons (Fsp3) is 0.750. The smallest absolute Gasteiger partial charge is 0.225 e. The third kappa shape index (κ3) is 2.23. The van der Waals surface area contributed by atoms with Gasteiger partial charge in [-0.15, -0.1) is 0 Å². The van der Waals surface area contributed by atoms with Gasteiger partial charge in [-0.3, -0.25) is 4.79 Å². The van der Waals surface area contributed by atoms with Crippen molar-refractivity contribution in [2.24, 2.45) is 0 Å². The number of carbonyl (C=O) groups excluding carboxylic acids is 1. The molecule has 0 N–H and O–H groups in total. The van der Waals surface area contributed by atoms with Crippen LogP contribution in [0.4, 0.5) is 0 Å². The summed E-state index contributed by atoms with van der Waals surface area (Å²) >= 11 is 0. The van der Waals surface area contributed by atoms with E-state index in [0.717, 1.165) is 25.7 Å². The van der Waals surface area contributed by atoms with Gasteiger partial charge < -0.3 is 4.43 Å². The van der Waals surface area contributed by atoms with Crippen molar-refractivity contribution in [3.05, 3.63) is 11.3 Å². The molecular formula is C12H22O2Si. The molecule has 0 aromatic carbocycles. The fourth-order valence-electron chi connectivity index (χ4n) is 2.83. The van der Waals surface area contributed by atoms with Gasteiger partial charge in [0, 0.05) is 6.61 Å². The van der Waals surface area contributed by atoms with Gasteiger partial charge in [0.15, 0.2) is 0 Å². The number of carbonyl (C=O) groups is 1. The van der Waals surface area contributed by atoms with Crippen molar-refractivity contribution in [1.29, 1.82) is 0 Å². The third-order valence-electron chi connectivity index (χ3n) is 3.42. The van der Waals surface area contributed by atoms with Crippen LogP contribution in [0.1, 0.15) is 40.5 Å². The van der Waals surface area contributed by atoms with Gasteiger partial charge >= 0.3 is 0 Å². The van der Waals surface area contributed by atoms with Gasteiger partial charge in [0.2, 0.25) is 8.32 Å². The Kier molecular flexibility index (Phi) is 4.29. The van der Waals surface area contributed by atoms with E-state index in [1.807, 2.05) is 0 Å². The van der Waals surface area contributed by atoms with E-state index in [1.165, 1.54) is 5.20 Å². The Morgan fingerprint density at radius 2 is 1.87 bits per heavy atom. The van der Waals surface area contributed by atoms with Crippen LogP contribution >= 0.6 is 0 Å². The molecule has 0 unspecified atom stereocenters. The van der Waals surface area contributed by atoms with E-state index >= 15 is 0 Å². The Bertz CT molecular complexity index is 248. The highest BCUT2D eigenvalue weighted by Crippen LogP contribution is 2.43. The number of allylic oxidation sites excluding steroid dienone is 2. The van der Waals surface area contributed by atoms with Crippen molar-refractivity contribution in [2.45, 2.75) is 51.6 Å². The van der Waals surface area contributed by atoms with Crippen LogP contribution in [0.15, 0.2) is 11.3 Å². The summed E-state index contributed by atoms with van der Waals surface area (Å²) in [5.41, 5.74) is 1.09. The quantitative estimate of drug-likeness (QED) is 0.419. The largest absolute Gasteiger partial charge is 0.412 e. The van der Waals surface area contributed by atoms with Crippen LogP contribution in [0, 0.1) is 0 Å². The van der Waals surface area contributed by atoms with Crippen LogP contribution < -0.4 is 0 Å². The molecule has 86 valence electrons. The standard InChI is InChI=1S/C12H22O2Si/c1-10(2)15(11(3)4)12(7-8-13)6-5-9-14-15/h7-8,10-11H,5-6,9H2,1-4H3/b12-7-. The molecule has 1 aliphatic rings. The fourth-order valence-corrected chi connectivity index (χ4v) is 7.88. The Balaban J connectivity index is 3.10. The van der Waals surface area contributed by atoms with Gasteiger partial charge in [0.1, 0.15) is 6.29 Å². The van der Waals surface area contributed by atoms with E-state index in [1.54, 1.807) is 6.08 Å². The summed E-state index contributed by atoms with van der Waals surface area (Å²) in [4.78, 5) is 10.7. The molecule has 3 heteroatoms. The molecule has 0 saturated carbocycles. The average molecular weight is 226 g/mol. The molecule has 0 bridgehead atoms. The number of hydrogen-bond donors (Lipinski definition) is 0. The topological polar surface area (TPSA) is 26.3 Å². The van der Waals surface area contributed by atoms with Gasteiger partial charge in [0.05, 0.1) is 0 Å². The molecule has 2 nitrogen and oxygen atoms in total. The maximum atomic E-state index is 10.7. The molecule has 1 rings (SSSR count). The monoisotopic (exact) mass is 226 g/mol. The van der Waals surface area contributed by atoms with Crippen molar-refractivity contribution in [2.75, 3.05) is 6.61 Å². The number of aldehydes is 1. The second-order valence-corrected chi connectivity index (χ2v) is 9.71. The van der Waals surface area contributed by atoms with Crippen LogP contribution in [-0.4, -0.2) is 21.2 Å². The molecule has 0 spiro atoms. The van der Waals surface area contributed by atoms with Crippen molar-refractivity contribution in [1.82, 2.24) is 0 Å². The number of rotatable bonds is 3. The zero-order chi connectivity index (χ0) is 11.5. The lowest BCUT2D eigenvalue weighted by molar-refractivity contribution is -0.104. The molecule has 0 aromatic rings. The molecule has 0 amide bonds. The predicted molar refractivity (Wildman–Crippen MR) is 65.3 cm³/mol. The van der Waals surface area contributed by atoms with Crippen molar-refractivity contribution < 1.29 is 9.22 Å². The SMILES string of the molecule is CC(C)[Si]1(C(C)C)OCCC/C1=C/C=O. The Morgan fingerprint density at radius 1 is 1.27 bits per heavy atom. The maximum absolute atomic E-state index is 10.7. The maximum Gasteiger partial charge on any atom is 0.225 e. The van der Waals surface area contributed by atoms with Gasteiger partial charge in [-0.05, 0) is 30.0 Å². The first-order chi connectivity index (χ1) is 7.05. The third-order valence-corrected chi connectivity index (χ3v) is 8.95. The first-order valence-electron chi connectivity index (χ1n) is 5.84. The summed E-state index contributed by atoms with van der Waals surface area (Å²) in [5.74, 6) is 0. The van der Waals surface area contributed by atoms with Crippen LogP contribution in [-0.2, 0) is 9.22 Å². The Hall–Kier alpha value is -0.413. The van der Waals surface area contributed by atoms with Crippen LogP contribution in [0.3, 0.4) is 0 Å². The first kappa shape index (κ1) is 12.7. The second kappa shape index (κ2) is 5.08. The van der Waals surface area contributed by atoms with E-state index in [2.05, 4.69) is 27.7 Å². The molecule has 0 atom stereocenters. The van der Waals surface area contributed by atoms with Gasteiger partial charge in [-0.2, -0.15) is 0 Å². The minimum absolute atomic E-state index is 0.545. The summed E-state index contributed by atoms with van der Waals surface area (Å²) in [6, 6.07) is 0. The van der Waals surface area contributed by atoms with E-state index in [9.17, 15) is 4.79 Å². The number of hydrogen-bond acceptors (Lipinski definition) is 2. The van der Waals surface area contributed by atoms with Gasteiger partial charge in [0.25, 0.3) is 0 Å². The van der Waals surface area contributed by atoms with E-state index < -0.39 is 8.32 Å². The Labute approximate surface area is 93.8 Å². The zero-order valence-corrected chi connectivity index (χ0v) is 11.2. The van der Waals surface area contributed by atoms with Crippen molar-refractivity contribution in [3.8, 4) is 0 Å². The van der Waals surface area contributed by atoms with Crippen LogP contribution in [0.2, 0.25) is 11.1 Å². The predicted octanol–water partition coefficient (Wildman–Crippen LogP) is 3.23. The first-order valence-corrected chi connectivity index (χ1v) is 7.90. The zero-order valence-electron chi connectivity index (χ0n) is 10.2. The van der Waals surface area contributed by atoms with E-state index in [4.69, 9.17) is 4.43 Å². The normalized spacial score (nSPS) is 23.7. The lowest BCUT2D eigenvalue weighted by Crippen LogP contribution is -2.49. The molecule has 1 aliphatic heterocycles. The second-order valence-electron chi connectivity index (χ2n) is 4.88. The highest BCUT2D eigenvalue weighted by molar-refractivity contribution is 6.83. The van der Waals surface area contributed by atoms with Crippen LogP contribution in [0.5, 0.6) is 0 Å². The summed E-state index contributed by atoms with van der Waals surface area (Å²) in [7, 11) is -1.86. The minimum Gasteiger partial charge on any atom is -0.412 e. The highest BCUT2D eigenvalue weighted by Gasteiger charge is 2.46. The summed E-state index contributed by atoms with van der Waals surface area (Å²) in [5, 5.41) is 1.31. The Morgan fingerprint density at radius 3 is 2.33 bits per heavy atom. The summed E-state index contributed by atoms with van der Waals surface area (Å²) < 4.78 is 6.17. The van der Waals surface area contributed by atoms with E-state index in [-0.39, 0.29) is 0 Å². The van der Waals surface area contributed by atoms with Gasteiger partial charge in [-0.1, -0.05) is 32.9 Å². The molecule has 0 radical (unpaired) electrons. The van der Waals surface area contributed by atoms with E-state index in [0.29, 0.717) is 11.1 Å². The highest BCUT2D eigenvalue weighted by atomic mass is 28.4. The van der Waals surface area contributed by atoms with Gasteiger partial charge in [-0.25, -0.2) is 0 Å². The lowest BCUT2D eigenvalue weighted by atomic mass is 10.3. The van der Waals surface area contributed by atoms with Crippen molar-refractivity contribution >= 4 is 14.6 Å². The molecule has 1 heterocycles. The molecule has 1 saturated heterocycles.